The molecule has 152 valence electrons. The zero-order valence-electron chi connectivity index (χ0n) is 16.4. The number of carbonyl (C=O) groups is 3. The Balaban J connectivity index is 1.83. The first-order chi connectivity index (χ1) is 13.9. The molecule has 2 aromatic carbocycles. The van der Waals surface area contributed by atoms with Gasteiger partial charge in [-0.3, -0.25) is 9.59 Å². The molecule has 0 aliphatic carbocycles. The van der Waals surface area contributed by atoms with Crippen molar-refractivity contribution < 1.29 is 23.5 Å². The van der Waals surface area contributed by atoms with Crippen molar-refractivity contribution in [1.29, 1.82) is 0 Å². The number of esters is 1. The fourth-order valence-corrected chi connectivity index (χ4v) is 2.55. The van der Waals surface area contributed by atoms with Crippen LogP contribution in [0.25, 0.3) is 6.08 Å². The van der Waals surface area contributed by atoms with Gasteiger partial charge in [0.15, 0.2) is 6.61 Å². The second-order valence-corrected chi connectivity index (χ2v) is 6.10. The van der Waals surface area contributed by atoms with E-state index in [0.717, 1.165) is 6.08 Å². The van der Waals surface area contributed by atoms with Crippen LogP contribution in [0.1, 0.15) is 29.8 Å². The molecule has 2 rings (SSSR count). The summed E-state index contributed by atoms with van der Waals surface area (Å²) in [5.74, 6) is -1.72. The molecule has 6 nitrogen and oxygen atoms in total. The van der Waals surface area contributed by atoms with E-state index in [9.17, 15) is 18.8 Å². The molecule has 0 spiro atoms. The highest BCUT2D eigenvalue weighted by Crippen LogP contribution is 2.12. The van der Waals surface area contributed by atoms with E-state index in [4.69, 9.17) is 4.74 Å². The van der Waals surface area contributed by atoms with E-state index in [1.54, 1.807) is 35.2 Å². The maximum Gasteiger partial charge on any atom is 0.331 e. The predicted octanol–water partition coefficient (Wildman–Crippen LogP) is 3.50. The Labute approximate surface area is 169 Å². The van der Waals surface area contributed by atoms with Crippen LogP contribution in [-0.4, -0.2) is 42.4 Å². The van der Waals surface area contributed by atoms with Crippen LogP contribution >= 0.6 is 0 Å². The van der Waals surface area contributed by atoms with Crippen LogP contribution in [-0.2, 0) is 14.3 Å². The second kappa shape index (κ2) is 10.8. The summed E-state index contributed by atoms with van der Waals surface area (Å²) in [6.07, 6.45) is 2.52. The quantitative estimate of drug-likeness (QED) is 0.545. The molecule has 0 unspecified atom stereocenters. The first kappa shape index (κ1) is 21.8. The van der Waals surface area contributed by atoms with Gasteiger partial charge in [0, 0.05) is 30.4 Å². The van der Waals surface area contributed by atoms with Gasteiger partial charge in [0.1, 0.15) is 5.82 Å². The lowest BCUT2D eigenvalue weighted by Gasteiger charge is -2.18. The molecule has 7 heteroatoms. The third-order valence-electron chi connectivity index (χ3n) is 4.07. The van der Waals surface area contributed by atoms with Crippen LogP contribution < -0.4 is 5.32 Å². The molecule has 0 atom stereocenters. The minimum atomic E-state index is -0.718. The van der Waals surface area contributed by atoms with Crippen molar-refractivity contribution in [1.82, 2.24) is 4.90 Å². The van der Waals surface area contributed by atoms with Crippen molar-refractivity contribution in [2.24, 2.45) is 0 Å². The van der Waals surface area contributed by atoms with Crippen molar-refractivity contribution >= 4 is 29.5 Å². The van der Waals surface area contributed by atoms with Gasteiger partial charge in [0.25, 0.3) is 11.8 Å². The van der Waals surface area contributed by atoms with E-state index < -0.39 is 24.3 Å². The van der Waals surface area contributed by atoms with Gasteiger partial charge in [-0.2, -0.15) is 0 Å². The van der Waals surface area contributed by atoms with Gasteiger partial charge < -0.3 is 15.0 Å². The topological polar surface area (TPSA) is 75.7 Å². The summed E-state index contributed by atoms with van der Waals surface area (Å²) in [7, 11) is 0. The molecule has 1 N–H and O–H groups in total. The number of halogens is 1. The summed E-state index contributed by atoms with van der Waals surface area (Å²) in [6.45, 7) is 4.58. The highest BCUT2D eigenvalue weighted by atomic mass is 19.1. The van der Waals surface area contributed by atoms with Crippen LogP contribution in [0.2, 0.25) is 0 Å². The number of rotatable bonds is 8. The van der Waals surface area contributed by atoms with Crippen molar-refractivity contribution in [3.05, 3.63) is 71.6 Å². The molecule has 0 radical (unpaired) electrons. The predicted molar refractivity (Wildman–Crippen MR) is 109 cm³/mol. The maximum absolute atomic E-state index is 13.1. The number of nitrogens with zero attached hydrogens (tertiary/aromatic N) is 1. The van der Waals surface area contributed by atoms with E-state index in [2.05, 4.69) is 5.32 Å². The molecule has 0 saturated carbocycles. The number of carbonyl (C=O) groups excluding carboxylic acids is 3. The number of ether oxygens (including phenoxy) is 1. The van der Waals surface area contributed by atoms with Crippen molar-refractivity contribution in [2.45, 2.75) is 13.8 Å². The Bertz CT molecular complexity index is 890. The minimum Gasteiger partial charge on any atom is -0.452 e. The number of hydrogen-bond acceptors (Lipinski definition) is 4. The molecule has 2 aromatic rings. The molecule has 0 fully saturated rings. The summed E-state index contributed by atoms with van der Waals surface area (Å²) in [4.78, 5) is 37.5. The molecular weight excluding hydrogens is 375 g/mol. The van der Waals surface area contributed by atoms with Crippen LogP contribution in [0.3, 0.4) is 0 Å². The van der Waals surface area contributed by atoms with Gasteiger partial charge in [0.05, 0.1) is 0 Å². The fraction of sp³-hybridized carbons (Fsp3) is 0.227. The van der Waals surface area contributed by atoms with Crippen LogP contribution in [0.15, 0.2) is 54.6 Å². The number of amides is 2. The fourth-order valence-electron chi connectivity index (χ4n) is 2.55. The third kappa shape index (κ3) is 6.88. The molecule has 0 aliphatic rings. The Morgan fingerprint density at radius 3 is 2.38 bits per heavy atom. The van der Waals surface area contributed by atoms with Crippen molar-refractivity contribution in [2.75, 3.05) is 25.0 Å². The highest BCUT2D eigenvalue weighted by molar-refractivity contribution is 5.97. The normalized spacial score (nSPS) is 10.6. The Kier molecular flexibility index (Phi) is 8.09. The average molecular weight is 398 g/mol. The standard InChI is InChI=1S/C22H23FN2O4/c1-3-25(4-2)22(28)17-9-11-19(12-10-17)24-20(26)15-29-21(27)13-8-16-6-5-7-18(23)14-16/h5-14H,3-4,15H2,1-2H3,(H,24,26)/b13-8+. The number of anilines is 1. The van der Waals surface area contributed by atoms with Crippen LogP contribution in [0, 0.1) is 5.82 Å². The van der Waals surface area contributed by atoms with Crippen molar-refractivity contribution in [3.8, 4) is 0 Å². The molecule has 0 aromatic heterocycles. The summed E-state index contributed by atoms with van der Waals surface area (Å²) >= 11 is 0. The van der Waals surface area contributed by atoms with E-state index >= 15 is 0 Å². The molecule has 0 bridgehead atoms. The monoisotopic (exact) mass is 398 g/mol. The minimum absolute atomic E-state index is 0.0770. The summed E-state index contributed by atoms with van der Waals surface area (Å²) in [6, 6.07) is 12.2. The molecule has 2 amide bonds. The molecule has 0 aliphatic heterocycles. The molecule has 0 saturated heterocycles. The van der Waals surface area contributed by atoms with Gasteiger partial charge in [-0.25, -0.2) is 9.18 Å². The highest BCUT2D eigenvalue weighted by Gasteiger charge is 2.12. The summed E-state index contributed by atoms with van der Waals surface area (Å²) < 4.78 is 17.9. The largest absolute Gasteiger partial charge is 0.452 e. The average Bonchev–Trinajstić information content (AvgIpc) is 2.72. The molecule has 29 heavy (non-hydrogen) atoms. The Morgan fingerprint density at radius 2 is 1.76 bits per heavy atom. The van der Waals surface area contributed by atoms with Gasteiger partial charge in [0.2, 0.25) is 0 Å². The Morgan fingerprint density at radius 1 is 1.07 bits per heavy atom. The number of benzene rings is 2. The van der Waals surface area contributed by atoms with Crippen LogP contribution in [0.4, 0.5) is 10.1 Å². The van der Waals surface area contributed by atoms with Gasteiger partial charge in [-0.05, 0) is 61.9 Å². The zero-order valence-corrected chi connectivity index (χ0v) is 16.4. The Hall–Kier alpha value is -3.48. The first-order valence-corrected chi connectivity index (χ1v) is 9.22. The number of hydrogen-bond donors (Lipinski definition) is 1. The third-order valence-corrected chi connectivity index (χ3v) is 4.07. The number of nitrogens with one attached hydrogen (secondary N) is 1. The maximum atomic E-state index is 13.1. The van der Waals surface area contributed by atoms with E-state index in [1.165, 1.54) is 24.3 Å². The van der Waals surface area contributed by atoms with Crippen LogP contribution in [0.5, 0.6) is 0 Å². The molecule has 0 heterocycles. The SMILES string of the molecule is CCN(CC)C(=O)c1ccc(NC(=O)COC(=O)/C=C/c2cccc(F)c2)cc1. The second-order valence-electron chi connectivity index (χ2n) is 6.10. The van der Waals surface area contributed by atoms with E-state index in [0.29, 0.717) is 29.9 Å². The van der Waals surface area contributed by atoms with E-state index in [1.807, 2.05) is 13.8 Å². The summed E-state index contributed by atoms with van der Waals surface area (Å²) in [5, 5.41) is 2.59. The lowest BCUT2D eigenvalue weighted by atomic mass is 10.2. The van der Waals surface area contributed by atoms with Gasteiger partial charge in [-0.1, -0.05) is 12.1 Å². The zero-order chi connectivity index (χ0) is 21.2. The molecular formula is C22H23FN2O4. The van der Waals surface area contributed by atoms with Gasteiger partial charge in [-0.15, -0.1) is 0 Å². The van der Waals surface area contributed by atoms with Crippen molar-refractivity contribution in [3.63, 3.8) is 0 Å². The lowest BCUT2D eigenvalue weighted by molar-refractivity contribution is -0.142. The van der Waals surface area contributed by atoms with E-state index in [-0.39, 0.29) is 5.91 Å². The smallest absolute Gasteiger partial charge is 0.331 e. The van der Waals surface area contributed by atoms with Gasteiger partial charge >= 0.3 is 5.97 Å². The summed E-state index contributed by atoms with van der Waals surface area (Å²) in [5.41, 5.74) is 1.52. The lowest BCUT2D eigenvalue weighted by Crippen LogP contribution is -2.30. The first-order valence-electron chi connectivity index (χ1n) is 9.22.